The van der Waals surface area contributed by atoms with Crippen LogP contribution in [-0.2, 0) is 0 Å². The number of ether oxygens (including phenoxy) is 1. The molecular weight excluding hydrogens is 330 g/mol. The Morgan fingerprint density at radius 2 is 2.00 bits per heavy atom. The van der Waals surface area contributed by atoms with Gasteiger partial charge in [0.05, 0.1) is 18.6 Å². The van der Waals surface area contributed by atoms with Crippen molar-refractivity contribution in [2.45, 2.75) is 12.5 Å². The summed E-state index contributed by atoms with van der Waals surface area (Å²) in [6.45, 7) is 0.103. The number of rotatable bonds is 4. The first-order chi connectivity index (χ1) is 11.6. The van der Waals surface area contributed by atoms with Gasteiger partial charge in [0.15, 0.2) is 5.78 Å². The van der Waals surface area contributed by atoms with E-state index in [1.54, 1.807) is 42.5 Å². The first kappa shape index (κ1) is 16.5. The zero-order chi connectivity index (χ0) is 17.1. The Morgan fingerprint density at radius 1 is 1.25 bits per heavy atom. The molecule has 0 bridgehead atoms. The van der Waals surface area contributed by atoms with Crippen molar-refractivity contribution in [2.75, 3.05) is 13.2 Å². The van der Waals surface area contributed by atoms with Crippen molar-refractivity contribution in [3.63, 3.8) is 0 Å². The van der Waals surface area contributed by atoms with E-state index in [-0.39, 0.29) is 37.4 Å². The first-order valence-corrected chi connectivity index (χ1v) is 7.94. The van der Waals surface area contributed by atoms with Crippen LogP contribution in [0.25, 0.3) is 0 Å². The van der Waals surface area contributed by atoms with Gasteiger partial charge >= 0.3 is 0 Å². The number of carbonyl (C=O) groups excluding carboxylic acids is 2. The molecule has 1 aliphatic heterocycles. The molecule has 2 N–H and O–H groups in total. The number of carbonyl (C=O) groups is 2. The van der Waals surface area contributed by atoms with Gasteiger partial charge in [0.1, 0.15) is 11.9 Å². The van der Waals surface area contributed by atoms with Crippen LogP contribution in [0.1, 0.15) is 38.8 Å². The highest BCUT2D eigenvalue weighted by atomic mass is 35.5. The van der Waals surface area contributed by atoms with Gasteiger partial charge in [-0.05, 0) is 35.9 Å². The van der Waals surface area contributed by atoms with Gasteiger partial charge in [-0.3, -0.25) is 9.59 Å². The van der Waals surface area contributed by atoms with E-state index in [0.29, 0.717) is 21.9 Å². The van der Waals surface area contributed by atoms with E-state index in [1.165, 1.54) is 0 Å². The van der Waals surface area contributed by atoms with Crippen molar-refractivity contribution in [3.8, 4) is 5.75 Å². The molecule has 2 aromatic carbocycles. The third-order valence-corrected chi connectivity index (χ3v) is 4.06. The summed E-state index contributed by atoms with van der Waals surface area (Å²) in [4.78, 5) is 24.1. The highest BCUT2D eigenvalue weighted by Crippen LogP contribution is 2.36. The van der Waals surface area contributed by atoms with Gasteiger partial charge in [0.2, 0.25) is 0 Å². The van der Waals surface area contributed by atoms with Gasteiger partial charge in [0.25, 0.3) is 5.91 Å². The summed E-state index contributed by atoms with van der Waals surface area (Å²) in [6, 6.07) is 11.9. The van der Waals surface area contributed by atoms with Gasteiger partial charge in [-0.25, -0.2) is 0 Å². The Labute approximate surface area is 144 Å². The Kier molecular flexibility index (Phi) is 4.83. The number of fused-ring (bicyclic) bond motifs is 1. The maximum Gasteiger partial charge on any atom is 0.251 e. The van der Waals surface area contributed by atoms with Crippen molar-refractivity contribution >= 4 is 23.3 Å². The van der Waals surface area contributed by atoms with Crippen molar-refractivity contribution in [2.24, 2.45) is 0 Å². The molecule has 1 atom stereocenters. The summed E-state index contributed by atoms with van der Waals surface area (Å²) in [7, 11) is 0. The molecule has 3 rings (SSSR count). The molecule has 1 unspecified atom stereocenters. The van der Waals surface area contributed by atoms with E-state index in [1.807, 2.05) is 0 Å². The lowest BCUT2D eigenvalue weighted by Gasteiger charge is -2.25. The van der Waals surface area contributed by atoms with Crippen molar-refractivity contribution in [1.82, 2.24) is 5.32 Å². The first-order valence-electron chi connectivity index (χ1n) is 7.57. The average Bonchev–Trinajstić information content (AvgIpc) is 2.60. The molecule has 6 heteroatoms. The molecule has 0 aliphatic carbocycles. The number of amides is 1. The Balaban J connectivity index is 1.77. The average molecular weight is 346 g/mol. The molecule has 5 nitrogen and oxygen atoms in total. The van der Waals surface area contributed by atoms with E-state index in [2.05, 4.69) is 5.32 Å². The number of hydrogen-bond acceptors (Lipinski definition) is 4. The van der Waals surface area contributed by atoms with Crippen molar-refractivity contribution in [1.29, 1.82) is 0 Å². The van der Waals surface area contributed by atoms with Crippen LogP contribution in [0.5, 0.6) is 5.75 Å². The number of benzene rings is 2. The van der Waals surface area contributed by atoms with Gasteiger partial charge in [-0.15, -0.1) is 0 Å². The lowest BCUT2D eigenvalue weighted by molar-refractivity contribution is 0.0848. The summed E-state index contributed by atoms with van der Waals surface area (Å²) in [5, 5.41) is 11.8. The molecule has 1 aliphatic rings. The Hall–Kier alpha value is -2.37. The summed E-state index contributed by atoms with van der Waals surface area (Å²) >= 11 is 5.92. The number of Topliss-reactive ketones (excluding diaryl/α,β-unsaturated/α-hetero) is 1. The highest BCUT2D eigenvalue weighted by Gasteiger charge is 2.27. The Bertz CT molecular complexity index is 773. The quantitative estimate of drug-likeness (QED) is 0.893. The smallest absolute Gasteiger partial charge is 0.251 e. The molecule has 2 aromatic rings. The third kappa shape index (κ3) is 3.42. The van der Waals surface area contributed by atoms with Gasteiger partial charge in [-0.2, -0.15) is 0 Å². The maximum atomic E-state index is 12.3. The zero-order valence-electron chi connectivity index (χ0n) is 12.8. The zero-order valence-corrected chi connectivity index (χ0v) is 13.5. The molecule has 24 heavy (non-hydrogen) atoms. The molecular formula is C18H16ClNO4. The monoisotopic (exact) mass is 345 g/mol. The second-order valence-corrected chi connectivity index (χ2v) is 5.91. The van der Waals surface area contributed by atoms with Gasteiger partial charge in [-0.1, -0.05) is 23.7 Å². The van der Waals surface area contributed by atoms with Crippen LogP contribution in [-0.4, -0.2) is 29.9 Å². The minimum absolute atomic E-state index is 0.0199. The molecule has 0 spiro atoms. The summed E-state index contributed by atoms with van der Waals surface area (Å²) in [5.41, 5.74) is 1.81. The van der Waals surface area contributed by atoms with Crippen molar-refractivity contribution < 1.29 is 19.4 Å². The molecule has 1 amide bonds. The SMILES string of the molecule is O=C(NCCO)c1ccc(C2CC(=O)c3cc(Cl)ccc3O2)cc1. The van der Waals surface area contributed by atoms with Crippen LogP contribution in [0.4, 0.5) is 0 Å². The van der Waals surface area contributed by atoms with Crippen LogP contribution >= 0.6 is 11.6 Å². The fourth-order valence-electron chi connectivity index (χ4n) is 2.60. The number of halogens is 1. The van der Waals surface area contributed by atoms with E-state index >= 15 is 0 Å². The largest absolute Gasteiger partial charge is 0.484 e. The fourth-order valence-corrected chi connectivity index (χ4v) is 2.77. The number of ketones is 1. The lowest BCUT2D eigenvalue weighted by Crippen LogP contribution is -2.26. The standard InChI is InChI=1S/C18H16ClNO4/c19-13-5-6-16-14(9-13)15(22)10-17(24-16)11-1-3-12(4-2-11)18(23)20-7-8-21/h1-6,9,17,21H,7-8,10H2,(H,20,23). The molecule has 0 aromatic heterocycles. The normalized spacial score (nSPS) is 16.2. The lowest BCUT2D eigenvalue weighted by atomic mass is 9.96. The van der Waals surface area contributed by atoms with Gasteiger partial charge < -0.3 is 15.2 Å². The van der Waals surface area contributed by atoms with E-state index < -0.39 is 0 Å². The molecule has 0 fully saturated rings. The van der Waals surface area contributed by atoms with Gasteiger partial charge in [0, 0.05) is 17.1 Å². The fraction of sp³-hybridized carbons (Fsp3) is 0.222. The highest BCUT2D eigenvalue weighted by molar-refractivity contribution is 6.31. The molecule has 0 saturated heterocycles. The van der Waals surface area contributed by atoms with E-state index in [0.717, 1.165) is 5.56 Å². The maximum absolute atomic E-state index is 12.3. The van der Waals surface area contributed by atoms with E-state index in [9.17, 15) is 9.59 Å². The molecule has 0 radical (unpaired) electrons. The predicted octanol–water partition coefficient (Wildman–Crippen LogP) is 2.77. The minimum atomic E-state index is -0.388. The molecule has 124 valence electrons. The summed E-state index contributed by atoms with van der Waals surface area (Å²) in [5.74, 6) is 0.246. The van der Waals surface area contributed by atoms with Crippen LogP contribution in [0, 0.1) is 0 Å². The van der Waals surface area contributed by atoms with E-state index in [4.69, 9.17) is 21.4 Å². The topological polar surface area (TPSA) is 75.6 Å². The summed E-state index contributed by atoms with van der Waals surface area (Å²) < 4.78 is 5.90. The number of aliphatic hydroxyl groups is 1. The molecule has 0 saturated carbocycles. The Morgan fingerprint density at radius 3 is 2.71 bits per heavy atom. The summed E-state index contributed by atoms with van der Waals surface area (Å²) in [6.07, 6.45) is -0.163. The van der Waals surface area contributed by atoms with Crippen LogP contribution in [0.3, 0.4) is 0 Å². The van der Waals surface area contributed by atoms with Crippen LogP contribution in [0.2, 0.25) is 5.02 Å². The molecule has 1 heterocycles. The number of nitrogens with one attached hydrogen (secondary N) is 1. The second kappa shape index (κ2) is 7.03. The number of hydrogen-bond donors (Lipinski definition) is 2. The van der Waals surface area contributed by atoms with Crippen LogP contribution < -0.4 is 10.1 Å². The minimum Gasteiger partial charge on any atom is -0.484 e. The van der Waals surface area contributed by atoms with Crippen LogP contribution in [0.15, 0.2) is 42.5 Å². The van der Waals surface area contributed by atoms with Crippen molar-refractivity contribution in [3.05, 3.63) is 64.2 Å². The second-order valence-electron chi connectivity index (χ2n) is 5.48. The number of aliphatic hydroxyl groups excluding tert-OH is 1. The third-order valence-electron chi connectivity index (χ3n) is 3.82. The predicted molar refractivity (Wildman–Crippen MR) is 89.6 cm³/mol.